The van der Waals surface area contributed by atoms with E-state index in [4.69, 9.17) is 4.74 Å². The minimum absolute atomic E-state index is 0.281. The zero-order chi connectivity index (χ0) is 22.9. The van der Waals surface area contributed by atoms with Crippen molar-refractivity contribution in [2.75, 3.05) is 13.7 Å². The predicted octanol–water partition coefficient (Wildman–Crippen LogP) is 4.46. The molecule has 0 fully saturated rings. The summed E-state index contributed by atoms with van der Waals surface area (Å²) in [5.41, 5.74) is 2.68. The van der Waals surface area contributed by atoms with E-state index in [-0.39, 0.29) is 11.3 Å². The fraction of sp³-hybridized carbons (Fsp3) is 0.273. The lowest BCUT2D eigenvalue weighted by Gasteiger charge is -2.29. The summed E-state index contributed by atoms with van der Waals surface area (Å²) in [5, 5.41) is 4.34. The number of hydrogen-bond donors (Lipinski definition) is 0. The van der Waals surface area contributed by atoms with Crippen molar-refractivity contribution in [1.82, 2.24) is 14.7 Å². The third kappa shape index (κ3) is 4.97. The highest BCUT2D eigenvalue weighted by atomic mass is 79.9. The molecular formula is C22H19BrF3N3O3. The lowest BCUT2D eigenvalue weighted by molar-refractivity contribution is -0.274. The lowest BCUT2D eigenvalue weighted by atomic mass is 10.0. The summed E-state index contributed by atoms with van der Waals surface area (Å²) in [4.78, 5) is 15.3. The molecule has 0 atom stereocenters. The predicted molar refractivity (Wildman–Crippen MR) is 115 cm³/mol. The van der Waals surface area contributed by atoms with Crippen LogP contribution in [0, 0.1) is 0 Å². The summed E-state index contributed by atoms with van der Waals surface area (Å²) in [7, 11) is 1.62. The Balaban J connectivity index is 1.55. The lowest BCUT2D eigenvalue weighted by Crippen LogP contribution is -2.37. The third-order valence-electron chi connectivity index (χ3n) is 5.19. The highest BCUT2D eigenvalue weighted by Gasteiger charge is 2.31. The van der Waals surface area contributed by atoms with Crippen molar-refractivity contribution in [3.63, 3.8) is 0 Å². The van der Waals surface area contributed by atoms with Crippen molar-refractivity contribution in [2.24, 2.45) is 0 Å². The number of rotatable bonds is 5. The van der Waals surface area contributed by atoms with Gasteiger partial charge in [0.2, 0.25) is 0 Å². The average molecular weight is 510 g/mol. The zero-order valence-electron chi connectivity index (χ0n) is 17.0. The van der Waals surface area contributed by atoms with E-state index in [0.29, 0.717) is 35.4 Å². The van der Waals surface area contributed by atoms with Crippen LogP contribution in [0.1, 0.15) is 16.7 Å². The SMILES string of the molecule is COc1ccc(CN2CCc3c(c(Br)nn(-c4ccc(OC(F)(F)F)cc4)c3=O)C2)cc1. The molecule has 3 aromatic rings. The first-order chi connectivity index (χ1) is 15.2. The van der Waals surface area contributed by atoms with Crippen LogP contribution >= 0.6 is 15.9 Å². The molecule has 0 radical (unpaired) electrons. The van der Waals surface area contributed by atoms with Gasteiger partial charge in [0, 0.05) is 30.8 Å². The van der Waals surface area contributed by atoms with Crippen molar-refractivity contribution in [3.8, 4) is 17.2 Å². The van der Waals surface area contributed by atoms with Gasteiger partial charge in [-0.1, -0.05) is 12.1 Å². The number of hydrogen-bond acceptors (Lipinski definition) is 5. The Hall–Kier alpha value is -2.85. The van der Waals surface area contributed by atoms with Crippen LogP contribution in [0.5, 0.6) is 11.5 Å². The molecule has 0 N–H and O–H groups in total. The molecule has 1 aliphatic rings. The van der Waals surface area contributed by atoms with E-state index in [1.54, 1.807) is 7.11 Å². The molecule has 0 saturated carbocycles. The summed E-state index contributed by atoms with van der Waals surface area (Å²) in [6.45, 7) is 1.98. The second kappa shape index (κ2) is 8.95. The normalized spacial score (nSPS) is 14.2. The number of ether oxygens (including phenoxy) is 2. The van der Waals surface area contributed by atoms with E-state index in [9.17, 15) is 18.0 Å². The third-order valence-corrected chi connectivity index (χ3v) is 5.83. The maximum atomic E-state index is 13.1. The van der Waals surface area contributed by atoms with E-state index < -0.39 is 6.36 Å². The molecule has 1 aliphatic heterocycles. The molecule has 1 aromatic heterocycles. The molecule has 10 heteroatoms. The number of halogens is 4. The average Bonchev–Trinajstić information content (AvgIpc) is 2.76. The van der Waals surface area contributed by atoms with Crippen LogP contribution in [0.15, 0.2) is 57.9 Å². The van der Waals surface area contributed by atoms with Gasteiger partial charge in [0.05, 0.1) is 12.8 Å². The standard InChI is InChI=1S/C22H19BrF3N3O3/c1-31-16-6-2-14(3-7-16)12-28-11-10-18-19(13-28)20(23)27-29(21(18)30)15-4-8-17(9-5-15)32-22(24,25)26/h2-9H,10-13H2,1H3. The Bertz CT molecular complexity index is 1160. The van der Waals surface area contributed by atoms with Gasteiger partial charge in [-0.05, 0) is 64.3 Å². The topological polar surface area (TPSA) is 56.6 Å². The van der Waals surface area contributed by atoms with Gasteiger partial charge < -0.3 is 9.47 Å². The highest BCUT2D eigenvalue weighted by molar-refractivity contribution is 9.10. The molecule has 0 unspecified atom stereocenters. The molecule has 0 spiro atoms. The smallest absolute Gasteiger partial charge is 0.497 e. The largest absolute Gasteiger partial charge is 0.573 e. The Labute approximate surface area is 190 Å². The quantitative estimate of drug-likeness (QED) is 0.508. The fourth-order valence-corrected chi connectivity index (χ4v) is 4.18. The van der Waals surface area contributed by atoms with Gasteiger partial charge in [0.1, 0.15) is 16.1 Å². The monoisotopic (exact) mass is 509 g/mol. The van der Waals surface area contributed by atoms with E-state index in [1.165, 1.54) is 16.8 Å². The van der Waals surface area contributed by atoms with Crippen molar-refractivity contribution < 1.29 is 22.6 Å². The van der Waals surface area contributed by atoms with E-state index >= 15 is 0 Å². The molecular weight excluding hydrogens is 491 g/mol. The van der Waals surface area contributed by atoms with Gasteiger partial charge in [0.25, 0.3) is 5.56 Å². The first-order valence-electron chi connectivity index (χ1n) is 9.75. The molecule has 0 bridgehead atoms. The number of methoxy groups -OCH3 is 1. The first kappa shape index (κ1) is 22.3. The van der Waals surface area contributed by atoms with Crippen molar-refractivity contribution in [2.45, 2.75) is 25.9 Å². The van der Waals surface area contributed by atoms with Gasteiger partial charge in [0.15, 0.2) is 0 Å². The Morgan fingerprint density at radius 3 is 2.31 bits per heavy atom. The Morgan fingerprint density at radius 2 is 1.69 bits per heavy atom. The van der Waals surface area contributed by atoms with Crippen LogP contribution in [-0.2, 0) is 19.5 Å². The van der Waals surface area contributed by atoms with Crippen molar-refractivity contribution in [1.29, 1.82) is 0 Å². The number of aromatic nitrogens is 2. The molecule has 6 nitrogen and oxygen atoms in total. The molecule has 4 rings (SSSR count). The molecule has 0 saturated heterocycles. The van der Waals surface area contributed by atoms with Gasteiger partial charge in [-0.25, -0.2) is 0 Å². The van der Waals surface area contributed by atoms with Crippen molar-refractivity contribution in [3.05, 3.63) is 80.2 Å². The number of alkyl halides is 3. The number of benzene rings is 2. The molecule has 2 aromatic carbocycles. The van der Waals surface area contributed by atoms with Gasteiger partial charge in [-0.15, -0.1) is 13.2 Å². The number of nitrogens with zero attached hydrogens (tertiary/aromatic N) is 3. The summed E-state index contributed by atoms with van der Waals surface area (Å²) in [5.74, 6) is 0.434. The molecule has 0 aliphatic carbocycles. The van der Waals surface area contributed by atoms with E-state index in [1.807, 2.05) is 24.3 Å². The van der Waals surface area contributed by atoms with Gasteiger partial charge in [-0.2, -0.15) is 9.78 Å². The minimum atomic E-state index is -4.77. The molecule has 168 valence electrons. The van der Waals surface area contributed by atoms with Crippen LogP contribution in [0.2, 0.25) is 0 Å². The summed E-state index contributed by atoms with van der Waals surface area (Å²) < 4.78 is 47.9. The zero-order valence-corrected chi connectivity index (χ0v) is 18.6. The fourth-order valence-electron chi connectivity index (χ4n) is 3.65. The molecule has 0 amide bonds. The minimum Gasteiger partial charge on any atom is -0.497 e. The molecule has 32 heavy (non-hydrogen) atoms. The van der Waals surface area contributed by atoms with Crippen LogP contribution < -0.4 is 15.0 Å². The van der Waals surface area contributed by atoms with Crippen LogP contribution in [0.4, 0.5) is 13.2 Å². The molecule has 2 heterocycles. The number of fused-ring (bicyclic) bond motifs is 1. The second-order valence-corrected chi connectivity index (χ2v) is 8.07. The maximum Gasteiger partial charge on any atom is 0.573 e. The summed E-state index contributed by atoms with van der Waals surface area (Å²) in [6.07, 6.45) is -4.23. The maximum absolute atomic E-state index is 13.1. The van der Waals surface area contributed by atoms with Gasteiger partial charge >= 0.3 is 6.36 Å². The summed E-state index contributed by atoms with van der Waals surface area (Å²) in [6, 6.07) is 12.9. The van der Waals surface area contributed by atoms with Crippen molar-refractivity contribution >= 4 is 15.9 Å². The summed E-state index contributed by atoms with van der Waals surface area (Å²) >= 11 is 3.46. The highest BCUT2D eigenvalue weighted by Crippen LogP contribution is 2.26. The van der Waals surface area contributed by atoms with Crippen LogP contribution in [0.3, 0.4) is 0 Å². The Morgan fingerprint density at radius 1 is 1.03 bits per heavy atom. The van der Waals surface area contributed by atoms with Crippen LogP contribution in [0.25, 0.3) is 5.69 Å². The van der Waals surface area contributed by atoms with E-state index in [0.717, 1.165) is 35.6 Å². The first-order valence-corrected chi connectivity index (χ1v) is 10.5. The second-order valence-electron chi connectivity index (χ2n) is 7.32. The van der Waals surface area contributed by atoms with E-state index in [2.05, 4.69) is 30.7 Å². The van der Waals surface area contributed by atoms with Gasteiger partial charge in [-0.3, -0.25) is 9.69 Å². The Kier molecular flexibility index (Phi) is 6.25. The van der Waals surface area contributed by atoms with Crippen LogP contribution in [-0.4, -0.2) is 34.7 Å².